The second-order valence-corrected chi connectivity index (χ2v) is 5.60. The fourth-order valence-corrected chi connectivity index (χ4v) is 2.38. The Labute approximate surface area is 138 Å². The number of rotatable bonds is 6. The van der Waals surface area contributed by atoms with Gasteiger partial charge in [0.2, 0.25) is 0 Å². The molecule has 134 valence electrons. The summed E-state index contributed by atoms with van der Waals surface area (Å²) >= 11 is 0. The van der Waals surface area contributed by atoms with E-state index in [9.17, 15) is 18.0 Å². The highest BCUT2D eigenvalue weighted by atomic mass is 19.4. The van der Waals surface area contributed by atoms with E-state index in [0.29, 0.717) is 18.9 Å². The average molecular weight is 346 g/mol. The van der Waals surface area contributed by atoms with Crippen LogP contribution in [0.2, 0.25) is 0 Å². The quantitative estimate of drug-likeness (QED) is 0.692. The van der Waals surface area contributed by atoms with Crippen molar-refractivity contribution in [2.24, 2.45) is 0 Å². The molecule has 1 aliphatic heterocycles. The van der Waals surface area contributed by atoms with Gasteiger partial charge in [0.25, 0.3) is 0 Å². The molecule has 1 aromatic heterocycles. The van der Waals surface area contributed by atoms with Crippen LogP contribution in [0.3, 0.4) is 0 Å². The third kappa shape index (κ3) is 5.55. The summed E-state index contributed by atoms with van der Waals surface area (Å²) in [5.41, 5.74) is -0.798. The zero-order valence-corrected chi connectivity index (χ0v) is 13.3. The normalized spacial score (nSPS) is 18.9. The number of hydrogen-bond acceptors (Lipinski definition) is 4. The van der Waals surface area contributed by atoms with Crippen LogP contribution >= 0.6 is 0 Å². The molecule has 1 aliphatic rings. The Balaban J connectivity index is 1.64. The van der Waals surface area contributed by atoms with Crippen molar-refractivity contribution in [3.63, 3.8) is 0 Å². The van der Waals surface area contributed by atoms with Gasteiger partial charge >= 0.3 is 12.2 Å². The minimum atomic E-state index is -4.40. The summed E-state index contributed by atoms with van der Waals surface area (Å²) in [5.74, 6) is 0.318. The van der Waals surface area contributed by atoms with Gasteiger partial charge in [0.05, 0.1) is 17.7 Å². The molecule has 2 atom stereocenters. The van der Waals surface area contributed by atoms with Gasteiger partial charge in [0.15, 0.2) is 0 Å². The van der Waals surface area contributed by atoms with Gasteiger partial charge < -0.3 is 20.7 Å². The summed E-state index contributed by atoms with van der Waals surface area (Å²) in [6.07, 6.45) is -1.65. The van der Waals surface area contributed by atoms with Crippen molar-refractivity contribution in [2.45, 2.75) is 38.1 Å². The van der Waals surface area contributed by atoms with Crippen LogP contribution in [0.15, 0.2) is 18.3 Å². The van der Waals surface area contributed by atoms with Crippen molar-refractivity contribution in [2.75, 3.05) is 25.0 Å². The number of anilines is 1. The molecule has 0 radical (unpaired) electrons. The molecule has 0 unspecified atom stereocenters. The number of hydrogen-bond donors (Lipinski definition) is 3. The standard InChI is InChI=1S/C15H21F3N4O2/c1-10(12-3-2-8-24-12)22-14(23)20-7-6-19-13-5-4-11(9-21-13)15(16,17)18/h4-5,9-10,12H,2-3,6-8H2,1H3,(H,19,21)(H2,20,22,23)/t10-,12+/m1/s1. The summed E-state index contributed by atoms with van der Waals surface area (Å²) in [6.45, 7) is 3.27. The lowest BCUT2D eigenvalue weighted by atomic mass is 10.1. The van der Waals surface area contributed by atoms with Crippen LogP contribution in [-0.4, -0.2) is 42.9 Å². The zero-order chi connectivity index (χ0) is 17.6. The Morgan fingerprint density at radius 3 is 2.79 bits per heavy atom. The summed E-state index contributed by atoms with van der Waals surface area (Å²) < 4.78 is 42.7. The molecule has 6 nitrogen and oxygen atoms in total. The van der Waals surface area contributed by atoms with Gasteiger partial charge in [-0.2, -0.15) is 13.2 Å². The summed E-state index contributed by atoms with van der Waals surface area (Å²) in [4.78, 5) is 15.4. The monoisotopic (exact) mass is 346 g/mol. The number of nitrogens with one attached hydrogen (secondary N) is 3. The minimum absolute atomic E-state index is 0.0465. The molecule has 0 aromatic carbocycles. The van der Waals surface area contributed by atoms with Crippen molar-refractivity contribution < 1.29 is 22.7 Å². The van der Waals surface area contributed by atoms with Gasteiger partial charge in [0.1, 0.15) is 5.82 Å². The molecule has 0 saturated carbocycles. The molecule has 0 aliphatic carbocycles. The molecule has 1 fully saturated rings. The van der Waals surface area contributed by atoms with E-state index in [2.05, 4.69) is 20.9 Å². The van der Waals surface area contributed by atoms with Crippen LogP contribution in [-0.2, 0) is 10.9 Å². The number of halogens is 3. The number of alkyl halides is 3. The van der Waals surface area contributed by atoms with Crippen LogP contribution in [0.25, 0.3) is 0 Å². The van der Waals surface area contributed by atoms with E-state index in [4.69, 9.17) is 4.74 Å². The molecule has 1 saturated heterocycles. The van der Waals surface area contributed by atoms with Crippen molar-refractivity contribution in [1.29, 1.82) is 0 Å². The number of urea groups is 1. The number of carbonyl (C=O) groups excluding carboxylic acids is 1. The highest BCUT2D eigenvalue weighted by molar-refractivity contribution is 5.74. The second kappa shape index (κ2) is 8.18. The summed E-state index contributed by atoms with van der Waals surface area (Å²) in [6, 6.07) is 1.83. The molecular weight excluding hydrogens is 325 g/mol. The van der Waals surface area contributed by atoms with Gasteiger partial charge in [0, 0.05) is 25.9 Å². The van der Waals surface area contributed by atoms with E-state index in [1.54, 1.807) is 0 Å². The van der Waals surface area contributed by atoms with Crippen LogP contribution in [0.1, 0.15) is 25.3 Å². The van der Waals surface area contributed by atoms with E-state index in [1.807, 2.05) is 6.92 Å². The minimum Gasteiger partial charge on any atom is -0.376 e. The molecule has 2 amide bonds. The van der Waals surface area contributed by atoms with Crippen molar-refractivity contribution in [3.05, 3.63) is 23.9 Å². The molecule has 2 heterocycles. The number of carbonyl (C=O) groups is 1. The lowest BCUT2D eigenvalue weighted by molar-refractivity contribution is -0.137. The fourth-order valence-electron chi connectivity index (χ4n) is 2.38. The van der Waals surface area contributed by atoms with Crippen molar-refractivity contribution in [1.82, 2.24) is 15.6 Å². The molecule has 9 heteroatoms. The lowest BCUT2D eigenvalue weighted by Crippen LogP contribution is -2.46. The first kappa shape index (κ1) is 18.3. The predicted octanol–water partition coefficient (Wildman–Crippen LogP) is 2.38. The summed E-state index contributed by atoms with van der Waals surface area (Å²) in [5, 5.41) is 8.31. The molecule has 0 bridgehead atoms. The third-order valence-electron chi connectivity index (χ3n) is 3.69. The molecule has 2 rings (SSSR count). The van der Waals surface area contributed by atoms with E-state index in [-0.39, 0.29) is 18.2 Å². The first-order valence-electron chi connectivity index (χ1n) is 7.79. The largest absolute Gasteiger partial charge is 0.417 e. The highest BCUT2D eigenvalue weighted by Gasteiger charge is 2.30. The van der Waals surface area contributed by atoms with E-state index < -0.39 is 11.7 Å². The maximum absolute atomic E-state index is 12.4. The molecular formula is C15H21F3N4O2. The Morgan fingerprint density at radius 1 is 1.42 bits per heavy atom. The smallest absolute Gasteiger partial charge is 0.376 e. The van der Waals surface area contributed by atoms with Crippen LogP contribution < -0.4 is 16.0 Å². The maximum atomic E-state index is 12.4. The topological polar surface area (TPSA) is 75.3 Å². The molecule has 24 heavy (non-hydrogen) atoms. The highest BCUT2D eigenvalue weighted by Crippen LogP contribution is 2.28. The summed E-state index contributed by atoms with van der Waals surface area (Å²) in [7, 11) is 0. The number of pyridine rings is 1. The SMILES string of the molecule is C[C@@H](NC(=O)NCCNc1ccc(C(F)(F)F)cn1)[C@@H]1CCCO1. The van der Waals surface area contributed by atoms with Crippen LogP contribution in [0, 0.1) is 0 Å². The number of ether oxygens (including phenoxy) is 1. The Hall–Kier alpha value is -2.03. The predicted molar refractivity (Wildman–Crippen MR) is 82.7 cm³/mol. The van der Waals surface area contributed by atoms with Crippen molar-refractivity contribution in [3.8, 4) is 0 Å². The van der Waals surface area contributed by atoms with E-state index in [1.165, 1.54) is 6.07 Å². The third-order valence-corrected chi connectivity index (χ3v) is 3.69. The van der Waals surface area contributed by atoms with E-state index >= 15 is 0 Å². The number of nitrogens with zero attached hydrogens (tertiary/aromatic N) is 1. The Bertz CT molecular complexity index is 531. The van der Waals surface area contributed by atoms with Crippen LogP contribution in [0.5, 0.6) is 0 Å². The Morgan fingerprint density at radius 2 is 2.21 bits per heavy atom. The molecule has 1 aromatic rings. The van der Waals surface area contributed by atoms with Gasteiger partial charge in [-0.1, -0.05) is 0 Å². The van der Waals surface area contributed by atoms with Crippen molar-refractivity contribution >= 4 is 11.8 Å². The van der Waals surface area contributed by atoms with Gasteiger partial charge in [-0.25, -0.2) is 9.78 Å². The Kier molecular flexibility index (Phi) is 6.24. The fraction of sp³-hybridized carbons (Fsp3) is 0.600. The molecule has 0 spiro atoms. The lowest BCUT2D eigenvalue weighted by Gasteiger charge is -2.20. The van der Waals surface area contributed by atoms with Crippen LogP contribution in [0.4, 0.5) is 23.8 Å². The zero-order valence-electron chi connectivity index (χ0n) is 13.3. The second-order valence-electron chi connectivity index (χ2n) is 5.60. The first-order chi connectivity index (χ1) is 11.4. The van der Waals surface area contributed by atoms with Gasteiger partial charge in [-0.05, 0) is 31.9 Å². The van der Waals surface area contributed by atoms with Gasteiger partial charge in [-0.3, -0.25) is 0 Å². The van der Waals surface area contributed by atoms with Gasteiger partial charge in [-0.15, -0.1) is 0 Å². The number of amides is 2. The van der Waals surface area contributed by atoms with E-state index in [0.717, 1.165) is 31.7 Å². The first-order valence-corrected chi connectivity index (χ1v) is 7.79. The molecule has 3 N–H and O–H groups in total. The maximum Gasteiger partial charge on any atom is 0.417 e. The number of aromatic nitrogens is 1. The average Bonchev–Trinajstić information content (AvgIpc) is 3.05.